The molecule has 2 saturated heterocycles. The van der Waals surface area contributed by atoms with Gasteiger partial charge in [-0.25, -0.2) is 0 Å². The monoisotopic (exact) mass is 309 g/mol. The molecule has 22 heavy (non-hydrogen) atoms. The van der Waals surface area contributed by atoms with Gasteiger partial charge in [-0.1, -0.05) is 0 Å². The zero-order valence-corrected chi connectivity index (χ0v) is 13.0. The van der Waals surface area contributed by atoms with E-state index in [0.717, 1.165) is 0 Å². The minimum atomic E-state index is -0.824. The van der Waals surface area contributed by atoms with Gasteiger partial charge in [-0.15, -0.1) is 0 Å². The summed E-state index contributed by atoms with van der Waals surface area (Å²) >= 11 is 0. The Morgan fingerprint density at radius 3 is 1.68 bits per heavy atom. The fourth-order valence-corrected chi connectivity index (χ4v) is 3.24. The molecule has 0 atom stereocenters. The van der Waals surface area contributed by atoms with Crippen LogP contribution in [-0.4, -0.2) is 84.9 Å². The zero-order valence-electron chi connectivity index (χ0n) is 13.0. The summed E-state index contributed by atoms with van der Waals surface area (Å²) in [5.41, 5.74) is -0.824. The van der Waals surface area contributed by atoms with Gasteiger partial charge in [0.15, 0.2) is 0 Å². The van der Waals surface area contributed by atoms with E-state index in [2.05, 4.69) is 0 Å². The van der Waals surface area contributed by atoms with Crippen molar-refractivity contribution in [2.75, 3.05) is 52.5 Å². The summed E-state index contributed by atoms with van der Waals surface area (Å²) in [6.45, 7) is 5.96. The van der Waals surface area contributed by atoms with Crippen LogP contribution in [-0.2, 0) is 19.1 Å². The van der Waals surface area contributed by atoms with E-state index < -0.39 is 5.41 Å². The summed E-state index contributed by atoms with van der Waals surface area (Å²) < 4.78 is 5.27. The van der Waals surface area contributed by atoms with Crippen molar-refractivity contribution in [3.05, 3.63) is 0 Å². The zero-order chi connectivity index (χ0) is 15.7. The fraction of sp³-hybridized carbons (Fsp3) is 0.800. The lowest BCUT2D eigenvalue weighted by atomic mass is 10.0. The molecule has 7 heteroatoms. The predicted molar refractivity (Wildman–Crippen MR) is 77.9 cm³/mol. The largest absolute Gasteiger partial charge is 0.378 e. The van der Waals surface area contributed by atoms with Crippen molar-refractivity contribution in [1.82, 2.24) is 14.7 Å². The lowest BCUT2D eigenvalue weighted by Crippen LogP contribution is -2.55. The smallest absolute Gasteiger partial charge is 0.238 e. The van der Waals surface area contributed by atoms with E-state index in [1.807, 2.05) is 0 Å². The molecule has 0 aromatic heterocycles. The lowest BCUT2D eigenvalue weighted by molar-refractivity contribution is -0.153. The van der Waals surface area contributed by atoms with Crippen molar-refractivity contribution in [1.29, 1.82) is 0 Å². The summed E-state index contributed by atoms with van der Waals surface area (Å²) in [4.78, 5) is 42.1. The molecule has 0 N–H and O–H groups in total. The molecule has 0 radical (unpaired) electrons. The Balaban J connectivity index is 1.62. The maximum Gasteiger partial charge on any atom is 0.238 e. The molecular weight excluding hydrogens is 286 g/mol. The molecule has 0 unspecified atom stereocenters. The highest BCUT2D eigenvalue weighted by molar-refractivity contribution is 6.08. The maximum absolute atomic E-state index is 12.8. The number of morpholine rings is 1. The second-order valence-corrected chi connectivity index (χ2v) is 6.28. The molecule has 3 amide bonds. The molecule has 3 aliphatic rings. The maximum atomic E-state index is 12.8. The third kappa shape index (κ3) is 2.69. The van der Waals surface area contributed by atoms with Crippen LogP contribution in [0.1, 0.15) is 19.8 Å². The van der Waals surface area contributed by atoms with E-state index in [1.54, 1.807) is 21.6 Å². The Morgan fingerprint density at radius 2 is 1.23 bits per heavy atom. The number of piperazine rings is 1. The molecule has 3 rings (SSSR count). The van der Waals surface area contributed by atoms with Gasteiger partial charge >= 0.3 is 0 Å². The number of hydrogen-bond acceptors (Lipinski definition) is 4. The number of hydrogen-bond donors (Lipinski definition) is 0. The SMILES string of the molecule is CC(=O)N1CCN(C(=O)C2(C(=O)N3CCOCC3)CC2)CC1. The summed E-state index contributed by atoms with van der Waals surface area (Å²) in [5.74, 6) is -0.0420. The average Bonchev–Trinajstić information content (AvgIpc) is 3.36. The van der Waals surface area contributed by atoms with Gasteiger partial charge in [0.05, 0.1) is 13.2 Å². The van der Waals surface area contributed by atoms with E-state index in [9.17, 15) is 14.4 Å². The Labute approximate surface area is 130 Å². The summed E-state index contributed by atoms with van der Waals surface area (Å²) in [7, 11) is 0. The normalized spacial score (nSPS) is 24.1. The number of nitrogens with zero attached hydrogens (tertiary/aromatic N) is 3. The number of ether oxygens (including phenoxy) is 1. The number of carbonyl (C=O) groups is 3. The van der Waals surface area contributed by atoms with Crippen molar-refractivity contribution in [2.24, 2.45) is 5.41 Å². The van der Waals surface area contributed by atoms with Gasteiger partial charge in [-0.3, -0.25) is 14.4 Å². The quantitative estimate of drug-likeness (QED) is 0.634. The summed E-state index contributed by atoms with van der Waals surface area (Å²) in [6, 6.07) is 0. The first-order valence-electron chi connectivity index (χ1n) is 7.97. The molecule has 2 aliphatic heterocycles. The van der Waals surface area contributed by atoms with Crippen LogP contribution in [0.4, 0.5) is 0 Å². The van der Waals surface area contributed by atoms with Crippen molar-refractivity contribution in [3.8, 4) is 0 Å². The van der Waals surface area contributed by atoms with Crippen LogP contribution >= 0.6 is 0 Å². The highest BCUT2D eigenvalue weighted by Crippen LogP contribution is 2.49. The van der Waals surface area contributed by atoms with Crippen molar-refractivity contribution in [2.45, 2.75) is 19.8 Å². The summed E-state index contributed by atoms with van der Waals surface area (Å²) in [5, 5.41) is 0. The van der Waals surface area contributed by atoms with E-state index in [4.69, 9.17) is 4.74 Å². The van der Waals surface area contributed by atoms with Crippen LogP contribution < -0.4 is 0 Å². The van der Waals surface area contributed by atoms with E-state index in [-0.39, 0.29) is 17.7 Å². The number of amides is 3. The molecule has 3 fully saturated rings. The van der Waals surface area contributed by atoms with Crippen molar-refractivity contribution in [3.63, 3.8) is 0 Å². The predicted octanol–water partition coefficient (Wildman–Crippen LogP) is -0.684. The van der Waals surface area contributed by atoms with Crippen LogP contribution in [0, 0.1) is 5.41 Å². The minimum Gasteiger partial charge on any atom is -0.378 e. The van der Waals surface area contributed by atoms with Gasteiger partial charge in [0.2, 0.25) is 17.7 Å². The van der Waals surface area contributed by atoms with Gasteiger partial charge in [0, 0.05) is 46.2 Å². The molecule has 7 nitrogen and oxygen atoms in total. The first-order valence-corrected chi connectivity index (χ1v) is 7.97. The molecular formula is C15H23N3O4. The topological polar surface area (TPSA) is 70.2 Å². The average molecular weight is 309 g/mol. The standard InChI is InChI=1S/C15H23N3O4/c1-12(19)16-4-6-17(7-5-16)13(20)15(2-3-15)14(21)18-8-10-22-11-9-18/h2-11H2,1H3. The minimum absolute atomic E-state index is 0.0326. The van der Waals surface area contributed by atoms with Gasteiger partial charge in [-0.05, 0) is 12.8 Å². The molecule has 0 aromatic rings. The highest BCUT2D eigenvalue weighted by atomic mass is 16.5. The second-order valence-electron chi connectivity index (χ2n) is 6.28. The second kappa shape index (κ2) is 5.87. The highest BCUT2D eigenvalue weighted by Gasteiger charge is 2.59. The van der Waals surface area contributed by atoms with Gasteiger partial charge < -0.3 is 19.4 Å². The van der Waals surface area contributed by atoms with Crippen LogP contribution in [0.5, 0.6) is 0 Å². The molecule has 0 aromatic carbocycles. The summed E-state index contributed by atoms with van der Waals surface area (Å²) in [6.07, 6.45) is 1.30. The van der Waals surface area contributed by atoms with Crippen LogP contribution in [0.25, 0.3) is 0 Å². The first-order chi connectivity index (χ1) is 10.5. The van der Waals surface area contributed by atoms with Crippen molar-refractivity contribution < 1.29 is 19.1 Å². The molecule has 0 bridgehead atoms. The van der Waals surface area contributed by atoms with Gasteiger partial charge in [-0.2, -0.15) is 0 Å². The molecule has 122 valence electrons. The Kier molecular flexibility index (Phi) is 4.08. The molecule has 1 aliphatic carbocycles. The fourth-order valence-electron chi connectivity index (χ4n) is 3.24. The van der Waals surface area contributed by atoms with Gasteiger partial charge in [0.25, 0.3) is 0 Å². The third-order valence-electron chi connectivity index (χ3n) is 4.88. The molecule has 2 heterocycles. The van der Waals surface area contributed by atoms with E-state index in [1.165, 1.54) is 0 Å². The Bertz CT molecular complexity index is 475. The lowest BCUT2D eigenvalue weighted by Gasteiger charge is -2.37. The number of rotatable bonds is 2. The van der Waals surface area contributed by atoms with E-state index >= 15 is 0 Å². The van der Waals surface area contributed by atoms with Crippen LogP contribution in [0.15, 0.2) is 0 Å². The first kappa shape index (κ1) is 15.3. The molecule has 0 spiro atoms. The van der Waals surface area contributed by atoms with Crippen LogP contribution in [0.2, 0.25) is 0 Å². The third-order valence-corrected chi connectivity index (χ3v) is 4.88. The van der Waals surface area contributed by atoms with Gasteiger partial charge in [0.1, 0.15) is 5.41 Å². The Morgan fingerprint density at radius 1 is 0.773 bits per heavy atom. The molecule has 1 saturated carbocycles. The van der Waals surface area contributed by atoms with E-state index in [0.29, 0.717) is 65.3 Å². The van der Waals surface area contributed by atoms with Crippen LogP contribution in [0.3, 0.4) is 0 Å². The number of carbonyl (C=O) groups excluding carboxylic acids is 3. The van der Waals surface area contributed by atoms with Crippen molar-refractivity contribution >= 4 is 17.7 Å². The Hall–Kier alpha value is -1.63.